The highest BCUT2D eigenvalue weighted by Crippen LogP contribution is 1.97. The van der Waals surface area contributed by atoms with Gasteiger partial charge in [0.1, 0.15) is 0 Å². The van der Waals surface area contributed by atoms with Gasteiger partial charge in [-0.3, -0.25) is 0 Å². The Morgan fingerprint density at radius 1 is 1.50 bits per heavy atom. The maximum absolute atomic E-state index is 11.7. The number of rotatable bonds is 7. The molecule has 0 aliphatic carbocycles. The standard InChI is InChI=1S/C7H14ClF2NO/c1-12-5-6(2-3-8)11-4-7(9)10/h6-7,11H,2-5H2,1H3. The van der Waals surface area contributed by atoms with E-state index in [1.807, 2.05) is 0 Å². The van der Waals surface area contributed by atoms with Crippen molar-refractivity contribution in [2.24, 2.45) is 0 Å². The minimum atomic E-state index is -2.32. The predicted molar refractivity (Wildman–Crippen MR) is 45.0 cm³/mol. The number of methoxy groups -OCH3 is 1. The molecular formula is C7H14ClF2NO. The van der Waals surface area contributed by atoms with Crippen LogP contribution in [-0.2, 0) is 4.74 Å². The van der Waals surface area contributed by atoms with Gasteiger partial charge in [0.05, 0.1) is 13.2 Å². The molecule has 0 radical (unpaired) electrons. The first-order valence-electron chi connectivity index (χ1n) is 3.77. The average Bonchev–Trinajstić information content (AvgIpc) is 2.01. The van der Waals surface area contributed by atoms with Crippen LogP contribution in [0, 0.1) is 0 Å². The second-order valence-corrected chi connectivity index (χ2v) is 2.81. The van der Waals surface area contributed by atoms with Crippen LogP contribution >= 0.6 is 11.6 Å². The number of halogens is 3. The molecule has 2 nitrogen and oxygen atoms in total. The van der Waals surface area contributed by atoms with Gasteiger partial charge in [0.25, 0.3) is 6.43 Å². The van der Waals surface area contributed by atoms with E-state index in [0.717, 1.165) is 0 Å². The molecule has 0 amide bonds. The van der Waals surface area contributed by atoms with E-state index in [1.54, 1.807) is 0 Å². The molecule has 0 heterocycles. The number of nitrogens with one attached hydrogen (secondary N) is 1. The van der Waals surface area contributed by atoms with Gasteiger partial charge in [0, 0.05) is 19.0 Å². The van der Waals surface area contributed by atoms with Crippen molar-refractivity contribution >= 4 is 11.6 Å². The highest BCUT2D eigenvalue weighted by atomic mass is 35.5. The third kappa shape index (κ3) is 6.76. The third-order valence-corrected chi connectivity index (χ3v) is 1.60. The number of hydrogen-bond acceptors (Lipinski definition) is 2. The van der Waals surface area contributed by atoms with E-state index in [4.69, 9.17) is 16.3 Å². The van der Waals surface area contributed by atoms with E-state index in [2.05, 4.69) is 5.32 Å². The molecule has 0 saturated heterocycles. The summed E-state index contributed by atoms with van der Waals surface area (Å²) in [5.41, 5.74) is 0. The van der Waals surface area contributed by atoms with E-state index in [-0.39, 0.29) is 12.6 Å². The van der Waals surface area contributed by atoms with Gasteiger partial charge in [0.15, 0.2) is 0 Å². The van der Waals surface area contributed by atoms with E-state index in [9.17, 15) is 8.78 Å². The monoisotopic (exact) mass is 201 g/mol. The van der Waals surface area contributed by atoms with E-state index in [0.29, 0.717) is 18.9 Å². The van der Waals surface area contributed by atoms with Gasteiger partial charge in [0.2, 0.25) is 0 Å². The summed E-state index contributed by atoms with van der Waals surface area (Å²) in [6.45, 7) is 0.115. The Balaban J connectivity index is 3.48. The van der Waals surface area contributed by atoms with Crippen LogP contribution in [0.25, 0.3) is 0 Å². The molecule has 0 aromatic rings. The average molecular weight is 202 g/mol. The number of ether oxygens (including phenoxy) is 1. The summed E-state index contributed by atoms with van der Waals surface area (Å²) in [5.74, 6) is 0.449. The van der Waals surface area contributed by atoms with Crippen LogP contribution < -0.4 is 5.32 Å². The Labute approximate surface area is 76.2 Å². The van der Waals surface area contributed by atoms with Crippen LogP contribution in [0.5, 0.6) is 0 Å². The normalized spacial score (nSPS) is 13.8. The summed E-state index contributed by atoms with van der Waals surface area (Å²) in [6.07, 6.45) is -1.68. The first-order chi connectivity index (χ1) is 5.70. The summed E-state index contributed by atoms with van der Waals surface area (Å²) < 4.78 is 28.3. The van der Waals surface area contributed by atoms with Crippen molar-refractivity contribution in [1.29, 1.82) is 0 Å². The zero-order chi connectivity index (χ0) is 9.40. The van der Waals surface area contributed by atoms with Crippen LogP contribution in [0.15, 0.2) is 0 Å². The fourth-order valence-electron chi connectivity index (χ4n) is 0.833. The molecule has 1 N–H and O–H groups in total. The SMILES string of the molecule is COCC(CCCl)NCC(F)F. The van der Waals surface area contributed by atoms with Crippen molar-refractivity contribution in [2.45, 2.75) is 18.9 Å². The molecule has 1 atom stereocenters. The Morgan fingerprint density at radius 3 is 2.58 bits per heavy atom. The van der Waals surface area contributed by atoms with Crippen molar-refractivity contribution < 1.29 is 13.5 Å². The smallest absolute Gasteiger partial charge is 0.250 e. The summed E-state index contributed by atoms with van der Waals surface area (Å²) >= 11 is 5.46. The van der Waals surface area contributed by atoms with Crippen molar-refractivity contribution in [3.8, 4) is 0 Å². The number of hydrogen-bond donors (Lipinski definition) is 1. The first kappa shape index (κ1) is 12.1. The third-order valence-electron chi connectivity index (χ3n) is 1.39. The van der Waals surface area contributed by atoms with Crippen LogP contribution in [0.1, 0.15) is 6.42 Å². The molecule has 0 aliphatic rings. The zero-order valence-electron chi connectivity index (χ0n) is 7.03. The van der Waals surface area contributed by atoms with E-state index >= 15 is 0 Å². The minimum absolute atomic E-state index is 0.0681. The van der Waals surface area contributed by atoms with Crippen molar-refractivity contribution in [1.82, 2.24) is 5.32 Å². The van der Waals surface area contributed by atoms with Crippen LogP contribution in [-0.4, -0.2) is 38.6 Å². The molecule has 0 spiro atoms. The molecule has 1 unspecified atom stereocenters. The maximum atomic E-state index is 11.7. The lowest BCUT2D eigenvalue weighted by Crippen LogP contribution is -2.36. The lowest BCUT2D eigenvalue weighted by atomic mass is 10.2. The fraction of sp³-hybridized carbons (Fsp3) is 1.00. The van der Waals surface area contributed by atoms with Crippen LogP contribution in [0.2, 0.25) is 0 Å². The molecule has 0 saturated carbocycles. The van der Waals surface area contributed by atoms with Crippen molar-refractivity contribution in [2.75, 3.05) is 26.1 Å². The Kier molecular flexibility index (Phi) is 7.75. The molecule has 0 bridgehead atoms. The highest BCUT2D eigenvalue weighted by molar-refractivity contribution is 6.17. The fourth-order valence-corrected chi connectivity index (χ4v) is 1.10. The van der Waals surface area contributed by atoms with Gasteiger partial charge in [-0.2, -0.15) is 0 Å². The quantitative estimate of drug-likeness (QED) is 0.631. The molecule has 12 heavy (non-hydrogen) atoms. The summed E-state index contributed by atoms with van der Waals surface area (Å²) in [5, 5.41) is 2.66. The number of alkyl halides is 3. The minimum Gasteiger partial charge on any atom is -0.383 e. The molecule has 5 heteroatoms. The molecule has 0 aliphatic heterocycles. The topological polar surface area (TPSA) is 21.3 Å². The first-order valence-corrected chi connectivity index (χ1v) is 4.30. The molecule has 0 fully saturated rings. The Bertz CT molecular complexity index is 99.4. The maximum Gasteiger partial charge on any atom is 0.250 e. The molecule has 0 rings (SSSR count). The van der Waals surface area contributed by atoms with Crippen molar-refractivity contribution in [3.05, 3.63) is 0 Å². The Hall–Kier alpha value is 0.0700. The lowest BCUT2D eigenvalue weighted by molar-refractivity contribution is 0.121. The summed E-state index contributed by atoms with van der Waals surface area (Å²) in [6, 6.07) is -0.0681. The molecule has 0 aromatic carbocycles. The second kappa shape index (κ2) is 7.71. The summed E-state index contributed by atoms with van der Waals surface area (Å²) in [4.78, 5) is 0. The largest absolute Gasteiger partial charge is 0.383 e. The zero-order valence-corrected chi connectivity index (χ0v) is 7.78. The van der Waals surface area contributed by atoms with E-state index in [1.165, 1.54) is 7.11 Å². The van der Waals surface area contributed by atoms with Gasteiger partial charge in [-0.1, -0.05) is 0 Å². The van der Waals surface area contributed by atoms with Gasteiger partial charge >= 0.3 is 0 Å². The lowest BCUT2D eigenvalue weighted by Gasteiger charge is -2.15. The Morgan fingerprint density at radius 2 is 2.17 bits per heavy atom. The molecular weight excluding hydrogens is 188 g/mol. The van der Waals surface area contributed by atoms with Gasteiger partial charge < -0.3 is 10.1 Å². The van der Waals surface area contributed by atoms with Gasteiger partial charge in [-0.25, -0.2) is 8.78 Å². The van der Waals surface area contributed by atoms with Crippen molar-refractivity contribution in [3.63, 3.8) is 0 Å². The van der Waals surface area contributed by atoms with Gasteiger partial charge in [-0.15, -0.1) is 11.6 Å². The van der Waals surface area contributed by atoms with Crippen LogP contribution in [0.3, 0.4) is 0 Å². The van der Waals surface area contributed by atoms with Gasteiger partial charge in [-0.05, 0) is 6.42 Å². The van der Waals surface area contributed by atoms with E-state index < -0.39 is 6.43 Å². The summed E-state index contributed by atoms with van der Waals surface area (Å²) in [7, 11) is 1.53. The molecule has 74 valence electrons. The molecule has 0 aromatic heterocycles. The highest BCUT2D eigenvalue weighted by Gasteiger charge is 2.09. The van der Waals surface area contributed by atoms with Crippen LogP contribution in [0.4, 0.5) is 8.78 Å². The predicted octanol–water partition coefficient (Wildman–Crippen LogP) is 1.49. The second-order valence-electron chi connectivity index (χ2n) is 2.43.